The number of aliphatic hydroxyl groups is 1. The Balaban J connectivity index is 0.000000232. The van der Waals surface area contributed by atoms with Gasteiger partial charge in [-0.3, -0.25) is 4.79 Å². The molecule has 1 aliphatic carbocycles. The molecule has 6 nitrogen and oxygen atoms in total. The second-order valence-electron chi connectivity index (χ2n) is 7.28. The molecule has 1 aliphatic rings. The summed E-state index contributed by atoms with van der Waals surface area (Å²) in [6.07, 6.45) is -2.34. The summed E-state index contributed by atoms with van der Waals surface area (Å²) >= 11 is 1.16. The van der Waals surface area contributed by atoms with Crippen LogP contribution in [0.2, 0.25) is 0 Å². The number of halogens is 4. The molecule has 1 unspecified atom stereocenters. The number of amides is 1. The summed E-state index contributed by atoms with van der Waals surface area (Å²) in [5.41, 5.74) is 2.97. The fourth-order valence-corrected chi connectivity index (χ4v) is 4.05. The lowest BCUT2D eigenvalue weighted by Gasteiger charge is -2.16. The minimum Gasteiger partial charge on any atom is -0.383 e. The first-order chi connectivity index (χ1) is 13.7. The first-order valence-corrected chi connectivity index (χ1v) is 10.8. The van der Waals surface area contributed by atoms with Crippen molar-refractivity contribution in [3.63, 3.8) is 0 Å². The zero-order valence-electron chi connectivity index (χ0n) is 16.1. The van der Waals surface area contributed by atoms with E-state index in [0.29, 0.717) is 28.1 Å². The van der Waals surface area contributed by atoms with Crippen LogP contribution in [-0.4, -0.2) is 20.2 Å². The zero-order valence-corrected chi connectivity index (χ0v) is 17.8. The molecular weight excluding hydrogens is 446 g/mol. The average molecular weight is 468 g/mol. The van der Waals surface area contributed by atoms with Crippen LogP contribution in [0.5, 0.6) is 0 Å². The molecular formula is C18H21F4N3O3S2. The standard InChI is InChI=1S/C12H11F4NO.C6H10N2O2S2/c13-7-3-8(6-1-2-6)9(5-11(17)18)10(4-7)12(14,15)16;1-6(2,9)5-8-3-4(11-5)12(7)10/h3-4,6H,1-2,5H2,(H2,17,18);3,9H,7H2,1-2H3. The van der Waals surface area contributed by atoms with Crippen molar-refractivity contribution in [1.29, 1.82) is 0 Å². The smallest absolute Gasteiger partial charge is 0.383 e. The number of primary amides is 1. The van der Waals surface area contributed by atoms with Crippen LogP contribution >= 0.6 is 11.3 Å². The molecule has 0 radical (unpaired) electrons. The van der Waals surface area contributed by atoms with Gasteiger partial charge in [0, 0.05) is 0 Å². The Hall–Kier alpha value is -1.89. The van der Waals surface area contributed by atoms with Crippen LogP contribution in [0.1, 0.15) is 54.3 Å². The minimum absolute atomic E-state index is 0.0869. The van der Waals surface area contributed by atoms with Gasteiger partial charge in [-0.2, -0.15) is 13.2 Å². The van der Waals surface area contributed by atoms with E-state index in [-0.39, 0.29) is 17.0 Å². The van der Waals surface area contributed by atoms with Crippen LogP contribution in [0.15, 0.2) is 22.5 Å². The van der Waals surface area contributed by atoms with Gasteiger partial charge in [-0.25, -0.2) is 18.7 Å². The third-order valence-electron chi connectivity index (χ3n) is 4.13. The van der Waals surface area contributed by atoms with E-state index >= 15 is 0 Å². The van der Waals surface area contributed by atoms with Crippen LogP contribution in [-0.2, 0) is 34.0 Å². The Kier molecular flexibility index (Phi) is 7.38. The maximum absolute atomic E-state index is 13.2. The van der Waals surface area contributed by atoms with E-state index < -0.39 is 46.5 Å². The van der Waals surface area contributed by atoms with Gasteiger partial charge in [-0.15, -0.1) is 11.3 Å². The normalized spacial score (nSPS) is 15.3. The van der Waals surface area contributed by atoms with E-state index in [1.807, 2.05) is 0 Å². The topological polar surface area (TPSA) is 119 Å². The van der Waals surface area contributed by atoms with E-state index in [1.54, 1.807) is 13.8 Å². The molecule has 1 saturated carbocycles. The maximum atomic E-state index is 13.2. The molecule has 1 heterocycles. The van der Waals surface area contributed by atoms with Crippen LogP contribution < -0.4 is 10.9 Å². The molecule has 1 atom stereocenters. The summed E-state index contributed by atoms with van der Waals surface area (Å²) in [6.45, 7) is 3.24. The highest BCUT2D eigenvalue weighted by molar-refractivity contribution is 7.85. The molecule has 0 bridgehead atoms. The predicted octanol–water partition coefficient (Wildman–Crippen LogP) is 3.10. The van der Waals surface area contributed by atoms with Crippen molar-refractivity contribution in [3.05, 3.63) is 45.8 Å². The van der Waals surface area contributed by atoms with Crippen LogP contribution in [0, 0.1) is 5.82 Å². The van der Waals surface area contributed by atoms with Gasteiger partial charge >= 0.3 is 6.18 Å². The Bertz CT molecular complexity index is 951. The third-order valence-corrected chi connectivity index (χ3v) is 6.48. The molecule has 166 valence electrons. The number of alkyl halides is 3. The molecule has 3 rings (SSSR count). The molecule has 0 spiro atoms. The molecule has 0 saturated heterocycles. The van der Waals surface area contributed by atoms with E-state index in [1.165, 1.54) is 6.20 Å². The van der Waals surface area contributed by atoms with Gasteiger partial charge in [-0.05, 0) is 55.9 Å². The number of carbonyl (C=O) groups excluding carboxylic acids is 1. The first kappa shape index (κ1) is 24.4. The van der Waals surface area contributed by atoms with E-state index in [9.17, 15) is 31.7 Å². The van der Waals surface area contributed by atoms with Crippen molar-refractivity contribution in [3.8, 4) is 0 Å². The molecule has 5 N–H and O–H groups in total. The van der Waals surface area contributed by atoms with Gasteiger partial charge in [-0.1, -0.05) is 0 Å². The van der Waals surface area contributed by atoms with Gasteiger partial charge in [0.05, 0.1) is 18.2 Å². The number of hydrogen-bond acceptors (Lipinski definition) is 5. The fourth-order valence-electron chi connectivity index (χ4n) is 2.68. The quantitative estimate of drug-likeness (QED) is 0.586. The number of rotatable bonds is 5. The maximum Gasteiger partial charge on any atom is 0.416 e. The minimum atomic E-state index is -4.68. The number of nitrogens with zero attached hydrogens (tertiary/aromatic N) is 1. The lowest BCUT2D eigenvalue weighted by atomic mass is 9.94. The fraction of sp³-hybridized carbons (Fsp3) is 0.444. The number of thiazole rings is 1. The largest absolute Gasteiger partial charge is 0.416 e. The summed E-state index contributed by atoms with van der Waals surface area (Å²) in [5.74, 6) is -1.87. The summed E-state index contributed by atoms with van der Waals surface area (Å²) in [7, 11) is -1.50. The molecule has 12 heteroatoms. The monoisotopic (exact) mass is 467 g/mol. The summed E-state index contributed by atoms with van der Waals surface area (Å²) in [4.78, 5) is 14.8. The zero-order chi connectivity index (χ0) is 22.9. The van der Waals surface area contributed by atoms with Crippen LogP contribution in [0.4, 0.5) is 17.6 Å². The van der Waals surface area contributed by atoms with Gasteiger partial charge in [0.1, 0.15) is 31.6 Å². The second-order valence-corrected chi connectivity index (χ2v) is 9.60. The van der Waals surface area contributed by atoms with Crippen molar-refractivity contribution >= 4 is 28.2 Å². The van der Waals surface area contributed by atoms with Crippen molar-refractivity contribution in [2.24, 2.45) is 10.9 Å². The van der Waals surface area contributed by atoms with E-state index in [0.717, 1.165) is 17.4 Å². The number of nitrogens with two attached hydrogens (primary N) is 2. The van der Waals surface area contributed by atoms with Gasteiger partial charge in [0.15, 0.2) is 0 Å². The first-order valence-electron chi connectivity index (χ1n) is 8.72. The molecule has 1 aromatic carbocycles. The Labute approximate surface area is 176 Å². The average Bonchev–Trinajstić information content (AvgIpc) is 3.28. The van der Waals surface area contributed by atoms with Crippen molar-refractivity contribution < 1.29 is 31.7 Å². The van der Waals surface area contributed by atoms with Crippen LogP contribution in [0.3, 0.4) is 0 Å². The van der Waals surface area contributed by atoms with Crippen molar-refractivity contribution in [2.45, 2.75) is 55.0 Å². The Morgan fingerprint density at radius 1 is 1.33 bits per heavy atom. The van der Waals surface area contributed by atoms with E-state index in [2.05, 4.69) is 4.98 Å². The summed E-state index contributed by atoms with van der Waals surface area (Å²) in [5, 5.41) is 15.1. The lowest BCUT2D eigenvalue weighted by Crippen LogP contribution is -2.19. The van der Waals surface area contributed by atoms with Crippen molar-refractivity contribution in [1.82, 2.24) is 4.98 Å². The third kappa shape index (κ3) is 6.56. The molecule has 0 aliphatic heterocycles. The van der Waals surface area contributed by atoms with Gasteiger partial charge < -0.3 is 10.8 Å². The Morgan fingerprint density at radius 2 is 1.93 bits per heavy atom. The van der Waals surface area contributed by atoms with Gasteiger partial charge in [0.25, 0.3) is 0 Å². The molecule has 2 aromatic rings. The van der Waals surface area contributed by atoms with Crippen LogP contribution in [0.25, 0.3) is 0 Å². The molecule has 1 amide bonds. The number of carbonyl (C=O) groups is 1. The number of hydrogen-bond donors (Lipinski definition) is 3. The van der Waals surface area contributed by atoms with Crippen molar-refractivity contribution in [2.75, 3.05) is 0 Å². The summed E-state index contributed by atoms with van der Waals surface area (Å²) in [6, 6.07) is 1.50. The van der Waals surface area contributed by atoms with E-state index in [4.69, 9.17) is 10.9 Å². The SMILES string of the molecule is CC(C)(O)c1ncc(S(N)=O)s1.NC(=O)Cc1c(C2CC2)cc(F)cc1C(F)(F)F. The van der Waals surface area contributed by atoms with Gasteiger partial charge in [0.2, 0.25) is 5.91 Å². The molecule has 1 fully saturated rings. The highest BCUT2D eigenvalue weighted by atomic mass is 32.2. The lowest BCUT2D eigenvalue weighted by molar-refractivity contribution is -0.138. The predicted molar refractivity (Wildman–Crippen MR) is 104 cm³/mol. The summed E-state index contributed by atoms with van der Waals surface area (Å²) < 4.78 is 63.0. The number of aromatic nitrogens is 1. The number of benzene rings is 1. The molecule has 30 heavy (non-hydrogen) atoms. The molecule has 1 aromatic heterocycles. The second kappa shape index (κ2) is 9.08. The highest BCUT2D eigenvalue weighted by Crippen LogP contribution is 2.45. The highest BCUT2D eigenvalue weighted by Gasteiger charge is 2.38. The Morgan fingerprint density at radius 3 is 2.30 bits per heavy atom.